The Bertz CT molecular complexity index is 857. The summed E-state index contributed by atoms with van der Waals surface area (Å²) in [6.45, 7) is 16.2. The van der Waals surface area contributed by atoms with Crippen LogP contribution in [0.1, 0.15) is 72.4 Å². The maximum absolute atomic E-state index is 5.72. The van der Waals surface area contributed by atoms with Crippen LogP contribution in [0, 0.1) is 5.92 Å². The standard InChI is InChI=1S/C22H35N7O/c1-8-30-20-15(4)24-12-16(26-20)19-27-17(22(5,6)7)13-29(19)18-9-10-23-21(28-18)25-11-14(2)3/h10,12-16,21,25H,8-9,11H2,1-7H3. The Hall–Kier alpha value is -2.35. The summed E-state index contributed by atoms with van der Waals surface area (Å²) < 4.78 is 7.78. The van der Waals surface area contributed by atoms with Crippen molar-refractivity contribution < 1.29 is 4.74 Å². The van der Waals surface area contributed by atoms with E-state index in [1.807, 2.05) is 26.3 Å². The van der Waals surface area contributed by atoms with Crippen molar-refractivity contribution in [2.45, 2.75) is 78.7 Å². The van der Waals surface area contributed by atoms with Gasteiger partial charge in [-0.2, -0.15) is 0 Å². The van der Waals surface area contributed by atoms with E-state index in [0.717, 1.165) is 23.9 Å². The van der Waals surface area contributed by atoms with Crippen LogP contribution in [0.2, 0.25) is 0 Å². The van der Waals surface area contributed by atoms with Crippen LogP contribution < -0.4 is 5.32 Å². The molecule has 0 saturated carbocycles. The molecule has 30 heavy (non-hydrogen) atoms. The van der Waals surface area contributed by atoms with Crippen LogP contribution in [0.25, 0.3) is 0 Å². The number of imidazole rings is 1. The van der Waals surface area contributed by atoms with Crippen LogP contribution >= 0.6 is 0 Å². The number of nitrogens with zero attached hydrogens (tertiary/aromatic N) is 6. The first-order valence-corrected chi connectivity index (χ1v) is 10.8. The molecule has 1 aromatic rings. The topological polar surface area (TPSA) is 88.5 Å². The van der Waals surface area contributed by atoms with Crippen LogP contribution in [0.5, 0.6) is 0 Å². The molecule has 8 heteroatoms. The Morgan fingerprint density at radius 2 is 2.00 bits per heavy atom. The minimum absolute atomic E-state index is 0.0736. The van der Waals surface area contributed by atoms with Crippen molar-refractivity contribution in [2.24, 2.45) is 25.9 Å². The lowest BCUT2D eigenvalue weighted by atomic mass is 9.93. The molecule has 3 unspecified atom stereocenters. The highest BCUT2D eigenvalue weighted by molar-refractivity contribution is 5.97. The highest BCUT2D eigenvalue weighted by atomic mass is 16.5. The predicted molar refractivity (Wildman–Crippen MR) is 123 cm³/mol. The van der Waals surface area contributed by atoms with Gasteiger partial charge in [0.15, 0.2) is 6.29 Å². The largest absolute Gasteiger partial charge is 0.480 e. The molecule has 3 atom stereocenters. The highest BCUT2D eigenvalue weighted by Crippen LogP contribution is 2.27. The van der Waals surface area contributed by atoms with Gasteiger partial charge in [-0.25, -0.2) is 15.0 Å². The van der Waals surface area contributed by atoms with Gasteiger partial charge in [0.25, 0.3) is 0 Å². The smallest absolute Gasteiger partial charge is 0.209 e. The van der Waals surface area contributed by atoms with E-state index in [1.54, 1.807) is 0 Å². The van der Waals surface area contributed by atoms with E-state index in [4.69, 9.17) is 19.7 Å². The van der Waals surface area contributed by atoms with Crippen molar-refractivity contribution in [3.8, 4) is 0 Å². The fourth-order valence-corrected chi connectivity index (χ4v) is 3.22. The van der Waals surface area contributed by atoms with Gasteiger partial charge in [0.1, 0.15) is 23.7 Å². The molecule has 164 valence electrons. The van der Waals surface area contributed by atoms with E-state index >= 15 is 0 Å². The minimum atomic E-state index is -0.303. The molecule has 2 aliphatic heterocycles. The Morgan fingerprint density at radius 1 is 1.23 bits per heavy atom. The van der Waals surface area contributed by atoms with Gasteiger partial charge < -0.3 is 4.74 Å². The van der Waals surface area contributed by atoms with E-state index in [0.29, 0.717) is 24.8 Å². The molecular formula is C22H35N7O. The average Bonchev–Trinajstić information content (AvgIpc) is 3.14. The zero-order valence-electron chi connectivity index (χ0n) is 19.3. The number of aromatic nitrogens is 2. The molecule has 0 aromatic carbocycles. The molecule has 8 nitrogen and oxygen atoms in total. The van der Waals surface area contributed by atoms with Crippen molar-refractivity contribution in [1.82, 2.24) is 14.9 Å². The van der Waals surface area contributed by atoms with E-state index in [2.05, 4.69) is 60.7 Å². The average molecular weight is 414 g/mol. The molecule has 0 saturated heterocycles. The molecular weight excluding hydrogens is 378 g/mol. The third-order valence-electron chi connectivity index (χ3n) is 4.91. The van der Waals surface area contributed by atoms with E-state index in [-0.39, 0.29) is 23.8 Å². The first kappa shape index (κ1) is 22.3. The molecule has 1 aromatic heterocycles. The summed E-state index contributed by atoms with van der Waals surface area (Å²) in [7, 11) is 0. The second-order valence-corrected chi connectivity index (χ2v) is 9.18. The predicted octanol–water partition coefficient (Wildman–Crippen LogP) is 3.38. The van der Waals surface area contributed by atoms with Gasteiger partial charge >= 0.3 is 0 Å². The maximum Gasteiger partial charge on any atom is 0.209 e. The summed E-state index contributed by atoms with van der Waals surface area (Å²) >= 11 is 0. The Morgan fingerprint density at radius 3 is 2.67 bits per heavy atom. The summed E-state index contributed by atoms with van der Waals surface area (Å²) in [6, 6.07) is -0.377. The second kappa shape index (κ2) is 9.20. The van der Waals surface area contributed by atoms with Crippen LogP contribution in [0.4, 0.5) is 0 Å². The van der Waals surface area contributed by atoms with Gasteiger partial charge in [-0.05, 0) is 19.8 Å². The van der Waals surface area contributed by atoms with Crippen LogP contribution in [0.3, 0.4) is 0 Å². The molecule has 2 aliphatic rings. The van der Waals surface area contributed by atoms with Crippen molar-refractivity contribution in [1.29, 1.82) is 0 Å². The third-order valence-corrected chi connectivity index (χ3v) is 4.91. The Labute approximate surface area is 179 Å². The van der Waals surface area contributed by atoms with Crippen LogP contribution in [-0.4, -0.2) is 59.2 Å². The Kier molecular flexibility index (Phi) is 6.85. The third kappa shape index (κ3) is 5.22. The zero-order chi connectivity index (χ0) is 21.9. The van der Waals surface area contributed by atoms with Gasteiger partial charge in [0.2, 0.25) is 5.90 Å². The summed E-state index contributed by atoms with van der Waals surface area (Å²) in [5.41, 5.74) is 0.902. The summed E-state index contributed by atoms with van der Waals surface area (Å²) in [5, 5.41) is 3.39. The SMILES string of the molecule is CCOC1=NC(c2nc(C(C)(C)C)cn2C2=NC(NCC(C)C)N=CC2)C=NC1C. The highest BCUT2D eigenvalue weighted by Gasteiger charge is 2.29. The first-order valence-electron chi connectivity index (χ1n) is 10.8. The summed E-state index contributed by atoms with van der Waals surface area (Å²) in [4.78, 5) is 23.7. The number of aliphatic imine (C=N–C) groups is 4. The molecule has 0 spiro atoms. The second-order valence-electron chi connectivity index (χ2n) is 9.18. The van der Waals surface area contributed by atoms with E-state index in [1.165, 1.54) is 0 Å². The lowest BCUT2D eigenvalue weighted by Crippen LogP contribution is -2.34. The molecule has 3 heterocycles. The Balaban J connectivity index is 1.98. The molecule has 0 amide bonds. The monoisotopic (exact) mass is 413 g/mol. The number of nitrogens with one attached hydrogen (secondary N) is 1. The number of hydrogen-bond donors (Lipinski definition) is 1. The molecule has 0 aliphatic carbocycles. The van der Waals surface area contributed by atoms with E-state index in [9.17, 15) is 0 Å². The van der Waals surface area contributed by atoms with Crippen molar-refractivity contribution >= 4 is 24.2 Å². The summed E-state index contributed by atoms with van der Waals surface area (Å²) in [5.74, 6) is 2.90. The lowest BCUT2D eigenvalue weighted by molar-refractivity contribution is 0.309. The van der Waals surface area contributed by atoms with Gasteiger partial charge in [0.05, 0.1) is 12.3 Å². The van der Waals surface area contributed by atoms with Crippen molar-refractivity contribution in [3.05, 3.63) is 17.7 Å². The van der Waals surface area contributed by atoms with Gasteiger partial charge in [0, 0.05) is 37.0 Å². The molecule has 0 bridgehead atoms. The quantitative estimate of drug-likeness (QED) is 0.802. The van der Waals surface area contributed by atoms with Gasteiger partial charge in [-0.15, -0.1) is 0 Å². The number of ether oxygens (including phenoxy) is 1. The molecule has 1 N–H and O–H groups in total. The molecule has 0 fully saturated rings. The molecule has 0 radical (unpaired) electrons. The van der Waals surface area contributed by atoms with Crippen molar-refractivity contribution in [3.63, 3.8) is 0 Å². The normalized spacial score (nSPS) is 24.2. The lowest BCUT2D eigenvalue weighted by Gasteiger charge is -2.22. The number of rotatable bonds is 5. The van der Waals surface area contributed by atoms with Crippen LogP contribution in [0.15, 0.2) is 26.2 Å². The fraction of sp³-hybridized carbons (Fsp3) is 0.682. The zero-order valence-corrected chi connectivity index (χ0v) is 19.3. The van der Waals surface area contributed by atoms with Crippen molar-refractivity contribution in [2.75, 3.05) is 13.2 Å². The van der Waals surface area contributed by atoms with Crippen LogP contribution in [-0.2, 0) is 10.2 Å². The minimum Gasteiger partial charge on any atom is -0.480 e. The van der Waals surface area contributed by atoms with E-state index < -0.39 is 0 Å². The molecule has 3 rings (SSSR count). The van der Waals surface area contributed by atoms with Gasteiger partial charge in [-0.3, -0.25) is 19.9 Å². The van der Waals surface area contributed by atoms with Gasteiger partial charge in [-0.1, -0.05) is 34.6 Å². The fourth-order valence-electron chi connectivity index (χ4n) is 3.22. The number of hydrogen-bond acceptors (Lipinski definition) is 7. The first-order chi connectivity index (χ1) is 14.2. The maximum atomic E-state index is 5.72. The summed E-state index contributed by atoms with van der Waals surface area (Å²) in [6.07, 6.45) is 6.24.